The third kappa shape index (κ3) is 2.85. The number of amides is 1. The topological polar surface area (TPSA) is 88.3 Å². The zero-order valence-corrected chi connectivity index (χ0v) is 16.1. The standard InChI is InChI=1S/C19H24N6O2/c1-11-12(2)21-17-9-16(22-25(17)18(11)26)14-5-7-24(8-6-14)19(27)15-10-20-23(4)13(15)3/h9-10,14,22H,5-8H2,1-4H3. The van der Waals surface area contributed by atoms with Crippen molar-refractivity contribution in [2.24, 2.45) is 7.05 Å². The largest absolute Gasteiger partial charge is 0.338 e. The van der Waals surface area contributed by atoms with Crippen LogP contribution in [0.2, 0.25) is 0 Å². The summed E-state index contributed by atoms with van der Waals surface area (Å²) >= 11 is 0. The van der Waals surface area contributed by atoms with Gasteiger partial charge in [-0.1, -0.05) is 0 Å². The molecule has 1 amide bonds. The number of carbonyl (C=O) groups excluding carboxylic acids is 1. The van der Waals surface area contributed by atoms with Crippen molar-refractivity contribution in [3.8, 4) is 0 Å². The summed E-state index contributed by atoms with van der Waals surface area (Å²) in [5.41, 5.74) is 4.59. The van der Waals surface area contributed by atoms with Crippen molar-refractivity contribution < 1.29 is 4.79 Å². The summed E-state index contributed by atoms with van der Waals surface area (Å²) in [7, 11) is 1.84. The van der Waals surface area contributed by atoms with E-state index in [9.17, 15) is 9.59 Å². The highest BCUT2D eigenvalue weighted by Gasteiger charge is 2.27. The van der Waals surface area contributed by atoms with Crippen LogP contribution in [0.25, 0.3) is 5.65 Å². The minimum atomic E-state index is -0.0524. The molecule has 0 bridgehead atoms. The Morgan fingerprint density at radius 1 is 1.22 bits per heavy atom. The first kappa shape index (κ1) is 17.5. The van der Waals surface area contributed by atoms with Gasteiger partial charge in [0.15, 0.2) is 5.65 Å². The van der Waals surface area contributed by atoms with Gasteiger partial charge in [-0.05, 0) is 33.6 Å². The van der Waals surface area contributed by atoms with E-state index in [1.54, 1.807) is 17.8 Å². The molecule has 27 heavy (non-hydrogen) atoms. The maximum absolute atomic E-state index is 12.7. The van der Waals surface area contributed by atoms with Crippen LogP contribution in [0.3, 0.4) is 0 Å². The number of hydrogen-bond acceptors (Lipinski definition) is 4. The molecule has 1 aliphatic rings. The summed E-state index contributed by atoms with van der Waals surface area (Å²) in [5.74, 6) is 0.325. The maximum atomic E-state index is 12.7. The highest BCUT2D eigenvalue weighted by Crippen LogP contribution is 2.28. The van der Waals surface area contributed by atoms with E-state index < -0.39 is 0 Å². The Hall–Kier alpha value is -2.90. The number of H-pyrrole nitrogens is 1. The summed E-state index contributed by atoms with van der Waals surface area (Å²) < 4.78 is 3.24. The average Bonchev–Trinajstić information content (AvgIpc) is 3.23. The Labute approximate surface area is 156 Å². The summed E-state index contributed by atoms with van der Waals surface area (Å²) in [6.07, 6.45) is 3.35. The molecule has 142 valence electrons. The summed E-state index contributed by atoms with van der Waals surface area (Å²) in [5, 5.41) is 7.38. The molecule has 0 unspecified atom stereocenters. The zero-order chi connectivity index (χ0) is 19.3. The molecule has 4 rings (SSSR count). The number of rotatable bonds is 2. The van der Waals surface area contributed by atoms with Crippen LogP contribution in [0.15, 0.2) is 17.1 Å². The summed E-state index contributed by atoms with van der Waals surface area (Å²) in [6.45, 7) is 6.93. The van der Waals surface area contributed by atoms with Gasteiger partial charge in [0.25, 0.3) is 11.5 Å². The van der Waals surface area contributed by atoms with Gasteiger partial charge in [0, 0.05) is 54.8 Å². The third-order valence-electron chi connectivity index (χ3n) is 5.79. The van der Waals surface area contributed by atoms with E-state index in [0.717, 1.165) is 29.9 Å². The Morgan fingerprint density at radius 3 is 2.56 bits per heavy atom. The number of piperidine rings is 1. The van der Waals surface area contributed by atoms with Crippen LogP contribution < -0.4 is 5.56 Å². The molecule has 1 saturated heterocycles. The van der Waals surface area contributed by atoms with Crippen LogP contribution in [0.5, 0.6) is 0 Å². The average molecular weight is 368 g/mol. The minimum Gasteiger partial charge on any atom is -0.338 e. The van der Waals surface area contributed by atoms with Crippen molar-refractivity contribution in [2.45, 2.75) is 39.5 Å². The zero-order valence-electron chi connectivity index (χ0n) is 16.1. The Balaban J connectivity index is 1.52. The molecule has 0 spiro atoms. The predicted octanol–water partition coefficient (Wildman–Crippen LogP) is 1.70. The first-order valence-electron chi connectivity index (χ1n) is 9.23. The molecule has 0 saturated carbocycles. The van der Waals surface area contributed by atoms with Crippen molar-refractivity contribution in [2.75, 3.05) is 13.1 Å². The monoisotopic (exact) mass is 368 g/mol. The normalized spacial score (nSPS) is 15.6. The number of nitrogens with one attached hydrogen (secondary N) is 1. The van der Waals surface area contributed by atoms with E-state index in [2.05, 4.69) is 15.2 Å². The van der Waals surface area contributed by atoms with Gasteiger partial charge in [0.1, 0.15) is 0 Å². The first-order valence-corrected chi connectivity index (χ1v) is 9.23. The van der Waals surface area contributed by atoms with Gasteiger partial charge in [-0.3, -0.25) is 19.4 Å². The molecule has 3 aromatic heterocycles. The Bertz CT molecular complexity index is 1080. The predicted molar refractivity (Wildman–Crippen MR) is 101 cm³/mol. The van der Waals surface area contributed by atoms with Gasteiger partial charge in [-0.2, -0.15) is 5.10 Å². The lowest BCUT2D eigenvalue weighted by molar-refractivity contribution is 0.0711. The summed E-state index contributed by atoms with van der Waals surface area (Å²) in [4.78, 5) is 31.6. The lowest BCUT2D eigenvalue weighted by atomic mass is 9.93. The van der Waals surface area contributed by atoms with Gasteiger partial charge in [-0.15, -0.1) is 0 Å². The van der Waals surface area contributed by atoms with Crippen LogP contribution in [0, 0.1) is 20.8 Å². The van der Waals surface area contributed by atoms with Crippen LogP contribution in [0.4, 0.5) is 0 Å². The molecule has 1 aliphatic heterocycles. The SMILES string of the molecule is Cc1nc2cc(C3CCN(C(=O)c4cnn(C)c4C)CC3)[nH]n2c(=O)c1C. The van der Waals surface area contributed by atoms with Gasteiger partial charge in [0.2, 0.25) is 0 Å². The van der Waals surface area contributed by atoms with Crippen LogP contribution >= 0.6 is 0 Å². The van der Waals surface area contributed by atoms with Crippen LogP contribution in [0.1, 0.15) is 51.8 Å². The second-order valence-corrected chi connectivity index (χ2v) is 7.37. The second kappa shape index (κ2) is 6.37. The fourth-order valence-electron chi connectivity index (χ4n) is 3.72. The lowest BCUT2D eigenvalue weighted by Crippen LogP contribution is -2.38. The molecule has 1 N–H and O–H groups in total. The molecule has 0 radical (unpaired) electrons. The van der Waals surface area contributed by atoms with Gasteiger partial charge < -0.3 is 4.90 Å². The smallest absolute Gasteiger partial charge is 0.275 e. The molecular weight excluding hydrogens is 344 g/mol. The second-order valence-electron chi connectivity index (χ2n) is 7.37. The third-order valence-corrected chi connectivity index (χ3v) is 5.79. The quantitative estimate of drug-likeness (QED) is 0.746. The number of fused-ring (bicyclic) bond motifs is 1. The van der Waals surface area contributed by atoms with E-state index in [0.29, 0.717) is 29.9 Å². The first-order chi connectivity index (χ1) is 12.9. The number of carbonyl (C=O) groups is 1. The fraction of sp³-hybridized carbons (Fsp3) is 0.474. The van der Waals surface area contributed by atoms with Crippen LogP contribution in [-0.2, 0) is 7.05 Å². The number of hydrogen-bond donors (Lipinski definition) is 1. The fourth-order valence-corrected chi connectivity index (χ4v) is 3.72. The van der Waals surface area contributed by atoms with E-state index in [1.807, 2.05) is 31.9 Å². The highest BCUT2D eigenvalue weighted by molar-refractivity contribution is 5.95. The molecule has 0 aliphatic carbocycles. The molecule has 1 fully saturated rings. The van der Waals surface area contributed by atoms with Crippen molar-refractivity contribution in [1.82, 2.24) is 29.3 Å². The number of aromatic nitrogens is 5. The number of likely N-dealkylation sites (tertiary alicyclic amines) is 1. The maximum Gasteiger partial charge on any atom is 0.275 e. The number of nitrogens with zero attached hydrogens (tertiary/aromatic N) is 5. The Morgan fingerprint density at radius 2 is 1.93 bits per heavy atom. The molecule has 8 nitrogen and oxygen atoms in total. The molecule has 3 aromatic rings. The molecule has 0 aromatic carbocycles. The number of aryl methyl sites for hydroxylation is 2. The van der Waals surface area contributed by atoms with Gasteiger partial charge in [0.05, 0.1) is 11.8 Å². The van der Waals surface area contributed by atoms with Crippen molar-refractivity contribution in [3.63, 3.8) is 0 Å². The molecule has 8 heteroatoms. The highest BCUT2D eigenvalue weighted by atomic mass is 16.2. The molecular formula is C19H24N6O2. The number of aromatic amines is 1. The van der Waals surface area contributed by atoms with Crippen LogP contribution in [-0.4, -0.2) is 48.3 Å². The summed E-state index contributed by atoms with van der Waals surface area (Å²) in [6, 6.07) is 1.96. The van der Waals surface area contributed by atoms with Crippen molar-refractivity contribution in [3.05, 3.63) is 50.8 Å². The minimum absolute atomic E-state index is 0.0415. The van der Waals surface area contributed by atoms with Crippen molar-refractivity contribution >= 4 is 11.6 Å². The van der Waals surface area contributed by atoms with Gasteiger partial charge in [-0.25, -0.2) is 9.50 Å². The van der Waals surface area contributed by atoms with E-state index in [4.69, 9.17) is 0 Å². The van der Waals surface area contributed by atoms with Gasteiger partial charge >= 0.3 is 0 Å². The lowest BCUT2D eigenvalue weighted by Gasteiger charge is -2.31. The molecule has 4 heterocycles. The van der Waals surface area contributed by atoms with E-state index in [-0.39, 0.29) is 17.4 Å². The van der Waals surface area contributed by atoms with E-state index in [1.165, 1.54) is 4.52 Å². The Kier molecular flexibility index (Phi) is 4.13. The molecule has 0 atom stereocenters. The van der Waals surface area contributed by atoms with E-state index >= 15 is 0 Å². The van der Waals surface area contributed by atoms with Crippen molar-refractivity contribution in [1.29, 1.82) is 0 Å².